The highest BCUT2D eigenvalue weighted by molar-refractivity contribution is 6.53. The third kappa shape index (κ3) is 5.78. The molecule has 26 heavy (non-hydrogen) atoms. The smallest absolute Gasteiger partial charge is 0.256 e. The van der Waals surface area contributed by atoms with Gasteiger partial charge in [0.15, 0.2) is 4.84 Å². The lowest BCUT2D eigenvalue weighted by Crippen LogP contribution is -2.47. The normalized spacial score (nSPS) is 11.0. The third-order valence-corrected chi connectivity index (χ3v) is 4.27. The highest BCUT2D eigenvalue weighted by Gasteiger charge is 2.27. The van der Waals surface area contributed by atoms with Crippen LogP contribution in [0.5, 0.6) is 0 Å². The average molecular weight is 397 g/mol. The topological polar surface area (TPSA) is 53.8 Å². The Labute approximate surface area is 163 Å². The Morgan fingerprint density at radius 2 is 1.73 bits per heavy atom. The Morgan fingerprint density at radius 1 is 1.04 bits per heavy atom. The van der Waals surface area contributed by atoms with Crippen molar-refractivity contribution in [3.05, 3.63) is 60.1 Å². The van der Waals surface area contributed by atoms with Crippen LogP contribution in [0.25, 0.3) is 0 Å². The van der Waals surface area contributed by atoms with Gasteiger partial charge in [-0.15, -0.1) is 0 Å². The number of alkyl halides is 2. The Bertz CT molecular complexity index is 703. The van der Waals surface area contributed by atoms with Crippen molar-refractivity contribution >= 4 is 35.0 Å². The van der Waals surface area contributed by atoms with Crippen LogP contribution >= 0.6 is 23.2 Å². The lowest BCUT2D eigenvalue weighted by atomic mass is 10.2. The molecule has 5 nitrogen and oxygen atoms in total. The van der Waals surface area contributed by atoms with Gasteiger partial charge in [-0.2, -0.15) is 0 Å². The van der Waals surface area contributed by atoms with Crippen LogP contribution in [0.3, 0.4) is 0 Å². The molecule has 0 aliphatic heterocycles. The summed E-state index contributed by atoms with van der Waals surface area (Å²) in [5.41, 5.74) is 0.988. The van der Waals surface area contributed by atoms with Gasteiger partial charge in [0, 0.05) is 12.6 Å². The molecular weight excluding hydrogens is 375 g/mol. The molecule has 0 bridgehead atoms. The van der Waals surface area contributed by atoms with E-state index in [1.165, 1.54) is 4.90 Å². The summed E-state index contributed by atoms with van der Waals surface area (Å²) in [6.07, 6.45) is 1.57. The molecule has 0 N–H and O–H groups in total. The number of hydrogen-bond acceptors (Lipinski definition) is 3. The number of hydrogen-bond donors (Lipinski definition) is 0. The van der Waals surface area contributed by atoms with Gasteiger partial charge in [-0.1, -0.05) is 53.5 Å². The minimum absolute atomic E-state index is 0.0972. The molecule has 0 spiro atoms. The maximum Gasteiger partial charge on any atom is 0.256 e. The zero-order chi connectivity index (χ0) is 19.1. The lowest BCUT2D eigenvalue weighted by molar-refractivity contribution is -0.141. The summed E-state index contributed by atoms with van der Waals surface area (Å²) in [6.45, 7) is 4.25. The van der Waals surface area contributed by atoms with E-state index in [9.17, 15) is 9.59 Å². The van der Waals surface area contributed by atoms with Gasteiger partial charge < -0.3 is 14.2 Å². The molecule has 0 aliphatic rings. The van der Waals surface area contributed by atoms with Crippen molar-refractivity contribution in [2.75, 3.05) is 6.54 Å². The molecule has 2 rings (SSSR count). The van der Waals surface area contributed by atoms with Gasteiger partial charge in [0.25, 0.3) is 5.91 Å². The molecule has 7 heteroatoms. The number of carbonyl (C=O) groups excluding carboxylic acids is 2. The molecule has 2 amide bonds. The highest BCUT2D eigenvalue weighted by atomic mass is 35.5. The van der Waals surface area contributed by atoms with Gasteiger partial charge in [-0.25, -0.2) is 0 Å². The Balaban J connectivity index is 2.16. The fourth-order valence-corrected chi connectivity index (χ4v) is 2.76. The minimum atomic E-state index is -1.20. The van der Waals surface area contributed by atoms with Crippen LogP contribution < -0.4 is 0 Å². The first-order valence-electron chi connectivity index (χ1n) is 8.31. The standard InChI is InChI=1S/C19H22Cl2N2O3/c1-14(2)23(19(25)18(20)21)13-17(24)22(12-16-9-6-10-26-16)11-15-7-4-3-5-8-15/h3-10,14,18H,11-13H2,1-2H3. The van der Waals surface area contributed by atoms with E-state index >= 15 is 0 Å². The van der Waals surface area contributed by atoms with Crippen molar-refractivity contribution in [2.45, 2.75) is 37.8 Å². The number of carbonyl (C=O) groups is 2. The van der Waals surface area contributed by atoms with Crippen LogP contribution in [0, 0.1) is 0 Å². The summed E-state index contributed by atoms with van der Waals surface area (Å²) < 4.78 is 5.37. The SMILES string of the molecule is CC(C)N(CC(=O)N(Cc1ccccc1)Cc1ccco1)C(=O)C(Cl)Cl. The van der Waals surface area contributed by atoms with Crippen LogP contribution in [0.2, 0.25) is 0 Å². The van der Waals surface area contributed by atoms with Gasteiger partial charge in [0.1, 0.15) is 12.3 Å². The minimum Gasteiger partial charge on any atom is -0.467 e. The first-order valence-corrected chi connectivity index (χ1v) is 9.18. The zero-order valence-electron chi connectivity index (χ0n) is 14.8. The second kappa shape index (κ2) is 9.64. The van der Waals surface area contributed by atoms with E-state index in [1.54, 1.807) is 17.2 Å². The first kappa shape index (κ1) is 20.3. The summed E-state index contributed by atoms with van der Waals surface area (Å²) >= 11 is 11.4. The highest BCUT2D eigenvalue weighted by Crippen LogP contribution is 2.14. The Morgan fingerprint density at radius 3 is 2.27 bits per heavy atom. The molecule has 2 aromatic rings. The molecule has 1 aromatic heterocycles. The summed E-state index contributed by atoms with van der Waals surface area (Å²) in [4.78, 5) is 26.9. The second-order valence-corrected chi connectivity index (χ2v) is 7.27. The van der Waals surface area contributed by atoms with Crippen LogP contribution in [0.4, 0.5) is 0 Å². The summed E-state index contributed by atoms with van der Waals surface area (Å²) in [7, 11) is 0. The monoisotopic (exact) mass is 396 g/mol. The number of nitrogens with zero attached hydrogens (tertiary/aromatic N) is 2. The van der Waals surface area contributed by atoms with Crippen LogP contribution in [-0.4, -0.2) is 39.0 Å². The van der Waals surface area contributed by atoms with Gasteiger partial charge in [-0.05, 0) is 31.5 Å². The molecule has 0 unspecified atom stereocenters. The van der Waals surface area contributed by atoms with Gasteiger partial charge in [0.2, 0.25) is 5.91 Å². The van der Waals surface area contributed by atoms with Gasteiger partial charge in [0.05, 0.1) is 12.8 Å². The van der Waals surface area contributed by atoms with E-state index in [4.69, 9.17) is 27.6 Å². The van der Waals surface area contributed by atoms with E-state index in [1.807, 2.05) is 50.2 Å². The lowest BCUT2D eigenvalue weighted by Gasteiger charge is -2.30. The fraction of sp³-hybridized carbons (Fsp3) is 0.368. The number of halogens is 2. The number of furan rings is 1. The molecule has 0 radical (unpaired) electrons. The van der Waals surface area contributed by atoms with Crippen molar-refractivity contribution in [1.29, 1.82) is 0 Å². The maximum atomic E-state index is 12.9. The predicted molar refractivity (Wildman–Crippen MR) is 102 cm³/mol. The molecule has 140 valence electrons. The van der Waals surface area contributed by atoms with Crippen molar-refractivity contribution in [3.8, 4) is 0 Å². The number of benzene rings is 1. The predicted octanol–water partition coefficient (Wildman–Crippen LogP) is 3.85. The maximum absolute atomic E-state index is 12.9. The summed E-state index contributed by atoms with van der Waals surface area (Å²) in [6, 6.07) is 13.0. The van der Waals surface area contributed by atoms with Crippen LogP contribution in [0.1, 0.15) is 25.2 Å². The van der Waals surface area contributed by atoms with Crippen LogP contribution in [0.15, 0.2) is 53.1 Å². The third-order valence-electron chi connectivity index (χ3n) is 3.89. The molecule has 0 atom stereocenters. The molecule has 1 heterocycles. The summed E-state index contributed by atoms with van der Waals surface area (Å²) in [5.74, 6) is -0.0140. The van der Waals surface area contributed by atoms with E-state index in [-0.39, 0.29) is 18.5 Å². The Hall–Kier alpha value is -1.98. The number of rotatable bonds is 8. The molecule has 0 fully saturated rings. The largest absolute Gasteiger partial charge is 0.467 e. The van der Waals surface area contributed by atoms with Gasteiger partial charge in [-0.3, -0.25) is 9.59 Å². The van der Waals surface area contributed by atoms with E-state index in [0.29, 0.717) is 18.8 Å². The Kier molecular flexibility index (Phi) is 7.54. The van der Waals surface area contributed by atoms with E-state index in [0.717, 1.165) is 5.56 Å². The van der Waals surface area contributed by atoms with Crippen molar-refractivity contribution in [3.63, 3.8) is 0 Å². The molecule has 0 saturated carbocycles. The number of amides is 2. The second-order valence-electron chi connectivity index (χ2n) is 6.18. The summed E-state index contributed by atoms with van der Waals surface area (Å²) in [5, 5.41) is 0. The molecular formula is C19H22Cl2N2O3. The molecule has 1 aromatic carbocycles. The fourth-order valence-electron chi connectivity index (χ4n) is 2.51. The van der Waals surface area contributed by atoms with Crippen molar-refractivity contribution < 1.29 is 14.0 Å². The first-order chi connectivity index (χ1) is 12.4. The molecule has 0 aliphatic carbocycles. The van der Waals surface area contributed by atoms with E-state index < -0.39 is 10.7 Å². The van der Waals surface area contributed by atoms with Crippen molar-refractivity contribution in [1.82, 2.24) is 9.80 Å². The average Bonchev–Trinajstić information content (AvgIpc) is 3.12. The van der Waals surface area contributed by atoms with Crippen molar-refractivity contribution in [2.24, 2.45) is 0 Å². The zero-order valence-corrected chi connectivity index (χ0v) is 16.3. The van der Waals surface area contributed by atoms with E-state index in [2.05, 4.69) is 0 Å². The van der Waals surface area contributed by atoms with Crippen LogP contribution in [-0.2, 0) is 22.7 Å². The molecule has 0 saturated heterocycles. The quantitative estimate of drug-likeness (QED) is 0.636. The van der Waals surface area contributed by atoms with Gasteiger partial charge >= 0.3 is 0 Å².